The lowest BCUT2D eigenvalue weighted by atomic mass is 10.1. The number of carbonyl (C=O) groups is 1. The van der Waals surface area contributed by atoms with E-state index in [2.05, 4.69) is 20.3 Å². The largest absolute Gasteiger partial charge is 0.494 e. The van der Waals surface area contributed by atoms with Crippen LogP contribution in [0.1, 0.15) is 17.4 Å². The average molecular weight is 405 g/mol. The lowest BCUT2D eigenvalue weighted by Gasteiger charge is -2.05. The lowest BCUT2D eigenvalue weighted by molar-refractivity contribution is 0.102. The third-order valence-electron chi connectivity index (χ3n) is 4.18. The highest BCUT2D eigenvalue weighted by molar-refractivity contribution is 7.13. The van der Waals surface area contributed by atoms with Gasteiger partial charge < -0.3 is 15.5 Å². The number of anilines is 2. The van der Waals surface area contributed by atoms with E-state index in [9.17, 15) is 4.79 Å². The van der Waals surface area contributed by atoms with Crippen LogP contribution in [-0.2, 0) is 0 Å². The van der Waals surface area contributed by atoms with Gasteiger partial charge in [-0.25, -0.2) is 9.97 Å². The number of hydrogen-bond acceptors (Lipinski definition) is 6. The lowest BCUT2D eigenvalue weighted by Crippen LogP contribution is -2.13. The smallest absolute Gasteiger partial charge is 0.276 e. The molecule has 29 heavy (non-hydrogen) atoms. The molecule has 0 fully saturated rings. The molecule has 0 spiro atoms. The topological polar surface area (TPSA) is 106 Å². The van der Waals surface area contributed by atoms with Crippen LogP contribution in [0.5, 0.6) is 5.75 Å². The number of benzene rings is 2. The Morgan fingerprint density at radius 1 is 1.21 bits per heavy atom. The van der Waals surface area contributed by atoms with Crippen molar-refractivity contribution in [2.75, 3.05) is 17.7 Å². The number of rotatable bonds is 6. The first-order valence-electron chi connectivity index (χ1n) is 9.04. The molecule has 0 bridgehead atoms. The number of imidazole rings is 1. The Bertz CT molecular complexity index is 1120. The van der Waals surface area contributed by atoms with Crippen LogP contribution in [0.3, 0.4) is 0 Å². The molecule has 1 amide bonds. The maximum Gasteiger partial charge on any atom is 0.276 e. The Kier molecular flexibility index (Phi) is 5.26. The van der Waals surface area contributed by atoms with Crippen LogP contribution in [0, 0.1) is 0 Å². The van der Waals surface area contributed by atoms with E-state index in [1.165, 1.54) is 11.3 Å². The van der Waals surface area contributed by atoms with Gasteiger partial charge in [0.2, 0.25) is 0 Å². The fourth-order valence-corrected chi connectivity index (χ4v) is 3.41. The molecule has 0 saturated heterocycles. The van der Waals surface area contributed by atoms with E-state index < -0.39 is 0 Å². The number of ether oxygens (including phenoxy) is 1. The summed E-state index contributed by atoms with van der Waals surface area (Å²) in [5, 5.41) is 5.12. The van der Waals surface area contributed by atoms with E-state index in [0.29, 0.717) is 34.6 Å². The van der Waals surface area contributed by atoms with Gasteiger partial charge in [0.05, 0.1) is 6.61 Å². The maximum atomic E-state index is 12.9. The number of thiazole rings is 1. The Balaban J connectivity index is 1.75. The van der Waals surface area contributed by atoms with Crippen LogP contribution in [0.25, 0.3) is 22.6 Å². The van der Waals surface area contributed by atoms with Crippen molar-refractivity contribution in [3.63, 3.8) is 0 Å². The third kappa shape index (κ3) is 4.12. The molecule has 2 heterocycles. The Labute approximate surface area is 171 Å². The second-order valence-electron chi connectivity index (χ2n) is 6.18. The van der Waals surface area contributed by atoms with E-state index in [0.717, 1.165) is 16.9 Å². The fraction of sp³-hybridized carbons (Fsp3) is 0.0952. The fourth-order valence-electron chi connectivity index (χ4n) is 2.89. The molecule has 2 aromatic heterocycles. The van der Waals surface area contributed by atoms with Crippen LogP contribution >= 0.6 is 11.3 Å². The number of nitrogens with one attached hydrogen (secondary N) is 2. The van der Waals surface area contributed by atoms with Gasteiger partial charge in [0, 0.05) is 28.4 Å². The second kappa shape index (κ2) is 8.15. The van der Waals surface area contributed by atoms with Crippen molar-refractivity contribution in [2.24, 2.45) is 0 Å². The molecule has 0 aliphatic carbocycles. The number of H-pyrrole nitrogens is 1. The van der Waals surface area contributed by atoms with Gasteiger partial charge in [-0.2, -0.15) is 0 Å². The van der Waals surface area contributed by atoms with Gasteiger partial charge in [-0.3, -0.25) is 10.1 Å². The Hall–Kier alpha value is -3.65. The van der Waals surface area contributed by atoms with Crippen molar-refractivity contribution in [3.05, 3.63) is 65.8 Å². The predicted octanol–water partition coefficient (Wildman–Crippen LogP) is 4.43. The summed E-state index contributed by atoms with van der Waals surface area (Å²) in [6.07, 6.45) is 1.64. The third-order valence-corrected chi connectivity index (χ3v) is 4.87. The number of aromatic nitrogens is 3. The Morgan fingerprint density at radius 2 is 2.03 bits per heavy atom. The van der Waals surface area contributed by atoms with Crippen molar-refractivity contribution in [1.29, 1.82) is 0 Å². The van der Waals surface area contributed by atoms with Crippen molar-refractivity contribution < 1.29 is 9.53 Å². The number of carbonyl (C=O) groups excluding carboxylic acids is 1. The van der Waals surface area contributed by atoms with Crippen molar-refractivity contribution in [3.8, 4) is 28.4 Å². The summed E-state index contributed by atoms with van der Waals surface area (Å²) in [7, 11) is 0. The molecule has 7 nitrogen and oxygen atoms in total. The molecule has 4 rings (SSSR count). The summed E-state index contributed by atoms with van der Waals surface area (Å²) in [6, 6.07) is 14.8. The second-order valence-corrected chi connectivity index (χ2v) is 7.08. The summed E-state index contributed by atoms with van der Waals surface area (Å²) < 4.78 is 5.50. The molecule has 0 aliphatic heterocycles. The van der Waals surface area contributed by atoms with E-state index >= 15 is 0 Å². The number of aromatic amines is 1. The molecule has 8 heteroatoms. The quantitative estimate of drug-likeness (QED) is 0.411. The molecular weight excluding hydrogens is 386 g/mol. The first kappa shape index (κ1) is 18.7. The predicted molar refractivity (Wildman–Crippen MR) is 115 cm³/mol. The number of nitrogens with two attached hydrogens (primary N) is 1. The zero-order chi connectivity index (χ0) is 20.2. The van der Waals surface area contributed by atoms with E-state index in [4.69, 9.17) is 10.5 Å². The minimum absolute atomic E-state index is 0.313. The Morgan fingerprint density at radius 3 is 2.72 bits per heavy atom. The first-order chi connectivity index (χ1) is 14.1. The van der Waals surface area contributed by atoms with Gasteiger partial charge in [-0.05, 0) is 43.3 Å². The monoisotopic (exact) mass is 405 g/mol. The molecule has 4 N–H and O–H groups in total. The molecule has 4 aromatic rings. The van der Waals surface area contributed by atoms with Crippen molar-refractivity contribution in [1.82, 2.24) is 15.0 Å². The average Bonchev–Trinajstić information content (AvgIpc) is 3.39. The molecule has 0 atom stereocenters. The summed E-state index contributed by atoms with van der Waals surface area (Å²) in [5.41, 5.74) is 9.01. The molecule has 0 saturated carbocycles. The van der Waals surface area contributed by atoms with Crippen LogP contribution in [0.2, 0.25) is 0 Å². The standard InChI is InChI=1S/C21H19N5O2S/c1-2-28-16-8-6-13(7-9-16)17-18(20(27)26-21-23-10-11-29-21)25-19(24-17)14-4-3-5-15(22)12-14/h3-12H,2,22H2,1H3,(H,24,25)(H,23,26,27). The van der Waals surface area contributed by atoms with Crippen LogP contribution < -0.4 is 15.8 Å². The molecule has 0 radical (unpaired) electrons. The highest BCUT2D eigenvalue weighted by Gasteiger charge is 2.20. The van der Waals surface area contributed by atoms with Crippen LogP contribution in [0.15, 0.2) is 60.1 Å². The van der Waals surface area contributed by atoms with Gasteiger partial charge in [-0.1, -0.05) is 12.1 Å². The minimum Gasteiger partial charge on any atom is -0.494 e. The molecular formula is C21H19N5O2S. The summed E-state index contributed by atoms with van der Waals surface area (Å²) in [5.74, 6) is 1.01. The number of amides is 1. The van der Waals surface area contributed by atoms with Gasteiger partial charge in [0.25, 0.3) is 5.91 Å². The molecule has 146 valence electrons. The SMILES string of the molecule is CCOc1ccc(-c2nc(-c3cccc(N)c3)[nH]c2C(=O)Nc2nccs2)cc1. The van der Waals surface area contributed by atoms with Gasteiger partial charge in [0.15, 0.2) is 5.13 Å². The maximum absolute atomic E-state index is 12.9. The number of nitrogens with zero attached hydrogens (tertiary/aromatic N) is 2. The molecule has 2 aromatic carbocycles. The molecule has 0 aliphatic rings. The van der Waals surface area contributed by atoms with Crippen molar-refractivity contribution >= 4 is 28.1 Å². The summed E-state index contributed by atoms with van der Waals surface area (Å²) in [6.45, 7) is 2.52. The van der Waals surface area contributed by atoms with Crippen LogP contribution in [0.4, 0.5) is 10.8 Å². The first-order valence-corrected chi connectivity index (χ1v) is 9.92. The normalized spacial score (nSPS) is 10.7. The summed E-state index contributed by atoms with van der Waals surface area (Å²) >= 11 is 1.35. The summed E-state index contributed by atoms with van der Waals surface area (Å²) in [4.78, 5) is 24.9. The number of hydrogen-bond donors (Lipinski definition) is 3. The highest BCUT2D eigenvalue weighted by atomic mass is 32.1. The van der Waals surface area contributed by atoms with E-state index in [1.807, 2.05) is 49.4 Å². The van der Waals surface area contributed by atoms with Gasteiger partial charge >= 0.3 is 0 Å². The highest BCUT2D eigenvalue weighted by Crippen LogP contribution is 2.29. The van der Waals surface area contributed by atoms with Crippen molar-refractivity contribution in [2.45, 2.75) is 6.92 Å². The van der Waals surface area contributed by atoms with E-state index in [1.54, 1.807) is 17.6 Å². The minimum atomic E-state index is -0.313. The van der Waals surface area contributed by atoms with Gasteiger partial charge in [-0.15, -0.1) is 11.3 Å². The van der Waals surface area contributed by atoms with Crippen LogP contribution in [-0.4, -0.2) is 27.5 Å². The zero-order valence-electron chi connectivity index (χ0n) is 15.7. The zero-order valence-corrected chi connectivity index (χ0v) is 16.5. The number of nitrogen functional groups attached to an aromatic ring is 1. The molecule has 0 unspecified atom stereocenters. The van der Waals surface area contributed by atoms with Gasteiger partial charge in [0.1, 0.15) is 23.0 Å². The van der Waals surface area contributed by atoms with E-state index in [-0.39, 0.29) is 5.91 Å².